The van der Waals surface area contributed by atoms with Crippen LogP contribution in [0.1, 0.15) is 56.6 Å². The van der Waals surface area contributed by atoms with Gasteiger partial charge < -0.3 is 25.5 Å². The van der Waals surface area contributed by atoms with Crippen LogP contribution in [-0.2, 0) is 4.74 Å². The van der Waals surface area contributed by atoms with Gasteiger partial charge in [0.2, 0.25) is 0 Å². The monoisotopic (exact) mass is 421 g/mol. The molecule has 7 heteroatoms. The first-order chi connectivity index (χ1) is 14.8. The third kappa shape index (κ3) is 3.49. The summed E-state index contributed by atoms with van der Waals surface area (Å²) in [5, 5.41) is 21.8. The van der Waals surface area contributed by atoms with Crippen LogP contribution in [0.25, 0.3) is 0 Å². The number of nitrogens with zero attached hydrogens (tertiary/aromatic N) is 3. The van der Waals surface area contributed by atoms with E-state index in [1.165, 1.54) is 31.0 Å². The van der Waals surface area contributed by atoms with Crippen molar-refractivity contribution in [1.82, 2.24) is 9.97 Å². The number of rotatable bonds is 7. The molecule has 5 rings (SSSR count). The lowest BCUT2D eigenvalue weighted by atomic mass is 9.85. The fourth-order valence-electron chi connectivity index (χ4n) is 5.18. The largest absolute Gasteiger partial charge is 0.387 e. The Morgan fingerprint density at radius 1 is 1.26 bits per heavy atom. The van der Waals surface area contributed by atoms with E-state index in [9.17, 15) is 5.11 Å². The topological polar surface area (TPSA) is 94.4 Å². The van der Waals surface area contributed by atoms with Crippen molar-refractivity contribution in [2.75, 3.05) is 30.4 Å². The minimum absolute atomic E-state index is 0.564. The lowest BCUT2D eigenvalue weighted by Gasteiger charge is -2.39. The van der Waals surface area contributed by atoms with E-state index in [0.717, 1.165) is 30.0 Å². The Bertz CT molecular complexity index is 1010. The average molecular weight is 422 g/mol. The molecule has 164 valence electrons. The second-order valence-electron chi connectivity index (χ2n) is 9.93. The molecule has 1 saturated heterocycles. The predicted octanol–water partition coefficient (Wildman–Crippen LogP) is 3.85. The van der Waals surface area contributed by atoms with Crippen molar-refractivity contribution in [3.63, 3.8) is 0 Å². The first-order valence-electron chi connectivity index (χ1n) is 11.1. The first-order valence-corrected chi connectivity index (χ1v) is 11.1. The van der Waals surface area contributed by atoms with Crippen LogP contribution in [0, 0.1) is 10.8 Å². The molecule has 2 atom stereocenters. The summed E-state index contributed by atoms with van der Waals surface area (Å²) in [7, 11) is 1.66. The Hall–Kier alpha value is -2.51. The van der Waals surface area contributed by atoms with Crippen LogP contribution in [0.5, 0.6) is 0 Å². The number of hydrogen-bond acceptors (Lipinski definition) is 7. The molecule has 3 aliphatic rings. The second-order valence-corrected chi connectivity index (χ2v) is 9.93. The number of aromatic nitrogens is 2. The summed E-state index contributed by atoms with van der Waals surface area (Å²) in [5.74, 6) is 2.16. The summed E-state index contributed by atoms with van der Waals surface area (Å²) < 4.78 is 5.76. The van der Waals surface area contributed by atoms with Crippen molar-refractivity contribution >= 4 is 23.5 Å². The van der Waals surface area contributed by atoms with Crippen molar-refractivity contribution in [3.05, 3.63) is 41.7 Å². The van der Waals surface area contributed by atoms with Crippen LogP contribution >= 0.6 is 0 Å². The standard InChI is InChI=1S/C24H31N5O2/c1-22(2,30)24(31-3)8-9-29(14-24)21-11-20(26-15-27-21)28-19-10-16(4-5-17(19)13-25)18-12-23(18)6-7-23/h4-5,10-11,13,15,18,25,30H,6-9,12,14H2,1-3H3,(H,26,27,28). The minimum atomic E-state index is -0.953. The number of aliphatic hydroxyl groups is 1. The van der Waals surface area contributed by atoms with E-state index in [0.29, 0.717) is 23.7 Å². The highest BCUT2D eigenvalue weighted by Gasteiger charge is 2.62. The van der Waals surface area contributed by atoms with Gasteiger partial charge in [0.15, 0.2) is 0 Å². The fraction of sp³-hybridized carbons (Fsp3) is 0.542. The molecule has 0 amide bonds. The molecule has 2 aliphatic carbocycles. The van der Waals surface area contributed by atoms with E-state index in [2.05, 4.69) is 32.3 Å². The number of nitrogens with one attached hydrogen (secondary N) is 2. The smallest absolute Gasteiger partial charge is 0.135 e. The van der Waals surface area contributed by atoms with Crippen molar-refractivity contribution < 1.29 is 9.84 Å². The van der Waals surface area contributed by atoms with Crippen LogP contribution in [0.15, 0.2) is 30.6 Å². The van der Waals surface area contributed by atoms with E-state index < -0.39 is 11.2 Å². The normalized spacial score (nSPS) is 26.2. The van der Waals surface area contributed by atoms with Gasteiger partial charge in [0.25, 0.3) is 0 Å². The first kappa shape index (κ1) is 20.4. The van der Waals surface area contributed by atoms with Crippen LogP contribution in [0.2, 0.25) is 0 Å². The second kappa shape index (κ2) is 7.00. The maximum absolute atomic E-state index is 10.6. The van der Waals surface area contributed by atoms with Gasteiger partial charge in [-0.25, -0.2) is 9.97 Å². The van der Waals surface area contributed by atoms with E-state index in [-0.39, 0.29) is 0 Å². The van der Waals surface area contributed by atoms with E-state index in [4.69, 9.17) is 10.1 Å². The lowest BCUT2D eigenvalue weighted by molar-refractivity contribution is -0.138. The van der Waals surface area contributed by atoms with Gasteiger partial charge in [-0.05, 0) is 62.5 Å². The molecular formula is C24H31N5O2. The molecule has 0 radical (unpaired) electrons. The molecule has 1 aliphatic heterocycles. The van der Waals surface area contributed by atoms with Crippen molar-refractivity contribution in [3.8, 4) is 0 Å². The van der Waals surface area contributed by atoms with Gasteiger partial charge in [-0.1, -0.05) is 12.1 Å². The fourth-order valence-corrected chi connectivity index (χ4v) is 5.18. The molecule has 2 aromatic rings. The SMILES string of the molecule is COC1(C(C)(C)O)CCN(c2cc(Nc3cc(C4CC45CC5)ccc3C=N)ncn2)C1. The summed E-state index contributed by atoms with van der Waals surface area (Å²) in [4.78, 5) is 11.0. The highest BCUT2D eigenvalue weighted by atomic mass is 16.5. The third-order valence-corrected chi connectivity index (χ3v) is 7.69. The molecule has 31 heavy (non-hydrogen) atoms. The molecule has 0 bridgehead atoms. The number of ether oxygens (including phenoxy) is 1. The zero-order valence-corrected chi connectivity index (χ0v) is 18.5. The van der Waals surface area contributed by atoms with E-state index in [1.54, 1.807) is 27.3 Å². The molecule has 3 fully saturated rings. The Labute approximate surface area is 183 Å². The molecular weight excluding hydrogens is 390 g/mol. The number of anilines is 3. The zero-order chi connectivity index (χ0) is 21.9. The predicted molar refractivity (Wildman–Crippen MR) is 122 cm³/mol. The molecule has 2 saturated carbocycles. The third-order valence-electron chi connectivity index (χ3n) is 7.69. The summed E-state index contributed by atoms with van der Waals surface area (Å²) in [6.07, 6.45) is 7.67. The molecule has 1 aromatic heterocycles. The van der Waals surface area contributed by atoms with Crippen molar-refractivity contribution in [2.24, 2.45) is 5.41 Å². The van der Waals surface area contributed by atoms with E-state index >= 15 is 0 Å². The Morgan fingerprint density at radius 2 is 2.06 bits per heavy atom. The molecule has 7 nitrogen and oxygen atoms in total. The molecule has 2 heterocycles. The summed E-state index contributed by atoms with van der Waals surface area (Å²) in [6.45, 7) is 4.91. The van der Waals surface area contributed by atoms with Crippen LogP contribution in [0.3, 0.4) is 0 Å². The highest BCUT2D eigenvalue weighted by Crippen LogP contribution is 2.75. The maximum Gasteiger partial charge on any atom is 0.135 e. The number of methoxy groups -OCH3 is 1. The maximum atomic E-state index is 10.6. The minimum Gasteiger partial charge on any atom is -0.387 e. The molecule has 1 aromatic carbocycles. The van der Waals surface area contributed by atoms with Crippen molar-refractivity contribution in [2.45, 2.75) is 56.7 Å². The number of hydrogen-bond donors (Lipinski definition) is 3. The molecule has 3 N–H and O–H groups in total. The van der Waals surface area contributed by atoms with Gasteiger partial charge in [0.1, 0.15) is 23.6 Å². The average Bonchev–Trinajstić information content (AvgIpc) is 3.64. The van der Waals surface area contributed by atoms with Gasteiger partial charge in [-0.3, -0.25) is 0 Å². The van der Waals surface area contributed by atoms with Gasteiger partial charge in [-0.2, -0.15) is 0 Å². The number of benzene rings is 1. The summed E-state index contributed by atoms with van der Waals surface area (Å²) in [6, 6.07) is 8.30. The highest BCUT2D eigenvalue weighted by molar-refractivity contribution is 5.87. The van der Waals surface area contributed by atoms with E-state index in [1.807, 2.05) is 12.1 Å². The Kier molecular flexibility index (Phi) is 4.61. The van der Waals surface area contributed by atoms with Gasteiger partial charge in [-0.15, -0.1) is 0 Å². The summed E-state index contributed by atoms with van der Waals surface area (Å²) in [5.41, 5.74) is 2.12. The summed E-state index contributed by atoms with van der Waals surface area (Å²) >= 11 is 0. The molecule has 2 unspecified atom stereocenters. The Balaban J connectivity index is 1.37. The molecule has 1 spiro atoms. The quantitative estimate of drug-likeness (QED) is 0.588. The van der Waals surface area contributed by atoms with Crippen LogP contribution in [-0.4, -0.2) is 52.7 Å². The van der Waals surface area contributed by atoms with Crippen LogP contribution < -0.4 is 10.2 Å². The van der Waals surface area contributed by atoms with Gasteiger partial charge in [0, 0.05) is 37.2 Å². The van der Waals surface area contributed by atoms with Gasteiger partial charge >= 0.3 is 0 Å². The lowest BCUT2D eigenvalue weighted by Crippen LogP contribution is -2.53. The van der Waals surface area contributed by atoms with Crippen molar-refractivity contribution in [1.29, 1.82) is 5.41 Å². The zero-order valence-electron chi connectivity index (χ0n) is 18.5. The van der Waals surface area contributed by atoms with Gasteiger partial charge in [0.05, 0.1) is 12.1 Å². The van der Waals surface area contributed by atoms with Crippen LogP contribution in [0.4, 0.5) is 17.3 Å². The Morgan fingerprint density at radius 3 is 2.68 bits per heavy atom.